The maximum absolute atomic E-state index is 12.4. The van der Waals surface area contributed by atoms with Crippen LogP contribution in [0.15, 0.2) is 41.3 Å². The minimum atomic E-state index is -3.63. The Balaban J connectivity index is 1.37. The van der Waals surface area contributed by atoms with Gasteiger partial charge in [0.05, 0.1) is 17.6 Å². The van der Waals surface area contributed by atoms with E-state index in [4.69, 9.17) is 14.2 Å². The molecule has 0 bridgehead atoms. The highest BCUT2D eigenvalue weighted by Gasteiger charge is 2.20. The zero-order valence-corrected chi connectivity index (χ0v) is 14.8. The summed E-state index contributed by atoms with van der Waals surface area (Å²) in [4.78, 5) is 0.208. The Morgan fingerprint density at radius 1 is 1.04 bits per heavy atom. The standard InChI is InChI=1S/C18H19NO6S/c20-15(12-1-3-17-18(10-12)25-11-24-17)5-7-19-26(21,22)14-2-4-16-13(9-14)6-8-23-16/h1-4,9-10,15,19-20H,5-8,11H2/t15-/m0/s1. The molecule has 4 rings (SSSR count). The van der Waals surface area contributed by atoms with Gasteiger partial charge in [-0.05, 0) is 47.9 Å². The van der Waals surface area contributed by atoms with Crippen molar-refractivity contribution in [1.29, 1.82) is 0 Å². The molecule has 0 spiro atoms. The third kappa shape index (κ3) is 3.35. The van der Waals surface area contributed by atoms with Gasteiger partial charge in [-0.1, -0.05) is 6.07 Å². The number of aliphatic hydroxyl groups excluding tert-OH is 1. The predicted octanol–water partition coefficient (Wildman–Crippen LogP) is 1.75. The summed E-state index contributed by atoms with van der Waals surface area (Å²) in [6.45, 7) is 0.861. The van der Waals surface area contributed by atoms with Crippen LogP contribution in [0.3, 0.4) is 0 Å². The van der Waals surface area contributed by atoms with Gasteiger partial charge in [0.25, 0.3) is 0 Å². The molecule has 2 aromatic carbocycles. The summed E-state index contributed by atoms with van der Waals surface area (Å²) in [7, 11) is -3.63. The molecule has 0 aromatic heterocycles. The molecule has 0 unspecified atom stereocenters. The molecule has 0 saturated heterocycles. The fourth-order valence-electron chi connectivity index (χ4n) is 3.03. The number of fused-ring (bicyclic) bond motifs is 2. The molecule has 0 fully saturated rings. The van der Waals surface area contributed by atoms with Crippen molar-refractivity contribution in [2.75, 3.05) is 19.9 Å². The Morgan fingerprint density at radius 2 is 1.85 bits per heavy atom. The van der Waals surface area contributed by atoms with E-state index in [2.05, 4.69) is 4.72 Å². The number of nitrogens with one attached hydrogen (secondary N) is 1. The highest BCUT2D eigenvalue weighted by Crippen LogP contribution is 2.34. The van der Waals surface area contributed by atoms with E-state index < -0.39 is 16.1 Å². The van der Waals surface area contributed by atoms with E-state index in [1.54, 1.807) is 30.3 Å². The lowest BCUT2D eigenvalue weighted by Gasteiger charge is -2.13. The average molecular weight is 377 g/mol. The van der Waals surface area contributed by atoms with Gasteiger partial charge in [0.15, 0.2) is 11.5 Å². The molecule has 2 aliphatic heterocycles. The smallest absolute Gasteiger partial charge is 0.240 e. The van der Waals surface area contributed by atoms with Crippen LogP contribution in [0.2, 0.25) is 0 Å². The fourth-order valence-corrected chi connectivity index (χ4v) is 4.13. The van der Waals surface area contributed by atoms with Crippen LogP contribution in [0.25, 0.3) is 0 Å². The van der Waals surface area contributed by atoms with E-state index in [9.17, 15) is 13.5 Å². The second-order valence-electron chi connectivity index (χ2n) is 6.18. The first-order chi connectivity index (χ1) is 12.5. The van der Waals surface area contributed by atoms with E-state index in [0.29, 0.717) is 30.1 Å². The Labute approximate surface area is 151 Å². The Morgan fingerprint density at radius 3 is 2.73 bits per heavy atom. The second-order valence-corrected chi connectivity index (χ2v) is 7.95. The number of hydrogen-bond donors (Lipinski definition) is 2. The molecule has 7 nitrogen and oxygen atoms in total. The highest BCUT2D eigenvalue weighted by molar-refractivity contribution is 7.89. The summed E-state index contributed by atoms with van der Waals surface area (Å²) in [5.41, 5.74) is 1.55. The normalized spacial score (nSPS) is 16.2. The first-order valence-electron chi connectivity index (χ1n) is 8.36. The monoisotopic (exact) mass is 377 g/mol. The fraction of sp³-hybridized carbons (Fsp3) is 0.333. The van der Waals surface area contributed by atoms with Crippen molar-refractivity contribution in [2.24, 2.45) is 0 Å². The summed E-state index contributed by atoms with van der Waals surface area (Å²) in [6, 6.07) is 10.0. The van der Waals surface area contributed by atoms with Gasteiger partial charge in [-0.25, -0.2) is 13.1 Å². The molecule has 26 heavy (non-hydrogen) atoms. The van der Waals surface area contributed by atoms with E-state index in [1.165, 1.54) is 6.07 Å². The lowest BCUT2D eigenvalue weighted by atomic mass is 10.1. The first kappa shape index (κ1) is 17.1. The third-order valence-corrected chi connectivity index (χ3v) is 5.92. The number of hydrogen-bond acceptors (Lipinski definition) is 6. The van der Waals surface area contributed by atoms with E-state index in [-0.39, 0.29) is 24.7 Å². The molecule has 0 radical (unpaired) electrons. The number of aliphatic hydroxyl groups is 1. The van der Waals surface area contributed by atoms with Crippen LogP contribution in [0.5, 0.6) is 17.2 Å². The summed E-state index contributed by atoms with van der Waals surface area (Å²) >= 11 is 0. The Bertz CT molecular complexity index is 927. The summed E-state index contributed by atoms with van der Waals surface area (Å²) in [5, 5.41) is 10.3. The van der Waals surface area contributed by atoms with Crippen molar-refractivity contribution in [3.8, 4) is 17.2 Å². The molecule has 2 heterocycles. The first-order valence-corrected chi connectivity index (χ1v) is 9.84. The highest BCUT2D eigenvalue weighted by atomic mass is 32.2. The molecule has 8 heteroatoms. The molecule has 0 aliphatic carbocycles. The van der Waals surface area contributed by atoms with Gasteiger partial charge in [0.1, 0.15) is 5.75 Å². The summed E-state index contributed by atoms with van der Waals surface area (Å²) < 4.78 is 43.3. The molecule has 2 aliphatic rings. The minimum Gasteiger partial charge on any atom is -0.493 e. The lowest BCUT2D eigenvalue weighted by Crippen LogP contribution is -2.26. The van der Waals surface area contributed by atoms with Crippen LogP contribution in [0.1, 0.15) is 23.7 Å². The zero-order chi connectivity index (χ0) is 18.1. The number of rotatable bonds is 6. The van der Waals surface area contributed by atoms with Gasteiger partial charge in [-0.2, -0.15) is 0 Å². The largest absolute Gasteiger partial charge is 0.493 e. The third-order valence-electron chi connectivity index (χ3n) is 4.46. The van der Waals surface area contributed by atoms with Crippen LogP contribution >= 0.6 is 0 Å². The molecule has 2 aromatic rings. The molecular weight excluding hydrogens is 358 g/mol. The number of ether oxygens (including phenoxy) is 3. The SMILES string of the molecule is O=S(=O)(NCC[C@H](O)c1ccc2c(c1)OCO2)c1ccc2c(c1)CCO2. The Hall–Kier alpha value is -2.29. The summed E-state index contributed by atoms with van der Waals surface area (Å²) in [6.07, 6.45) is 0.148. The van der Waals surface area contributed by atoms with Gasteiger partial charge in [-0.15, -0.1) is 0 Å². The lowest BCUT2D eigenvalue weighted by molar-refractivity contribution is 0.166. The molecule has 2 N–H and O–H groups in total. The van der Waals surface area contributed by atoms with Gasteiger partial charge >= 0.3 is 0 Å². The van der Waals surface area contributed by atoms with Crippen LogP contribution in [0, 0.1) is 0 Å². The maximum Gasteiger partial charge on any atom is 0.240 e. The number of sulfonamides is 1. The predicted molar refractivity (Wildman–Crippen MR) is 93.0 cm³/mol. The summed E-state index contributed by atoms with van der Waals surface area (Å²) in [5.74, 6) is 1.96. The zero-order valence-electron chi connectivity index (χ0n) is 14.0. The van der Waals surface area contributed by atoms with Gasteiger partial charge in [-0.3, -0.25) is 0 Å². The van der Waals surface area contributed by atoms with Crippen molar-refractivity contribution < 1.29 is 27.7 Å². The van der Waals surface area contributed by atoms with Crippen LogP contribution in [0.4, 0.5) is 0 Å². The minimum absolute atomic E-state index is 0.117. The van der Waals surface area contributed by atoms with E-state index in [0.717, 1.165) is 11.3 Å². The molecule has 138 valence electrons. The van der Waals surface area contributed by atoms with Gasteiger partial charge < -0.3 is 19.3 Å². The molecule has 0 saturated carbocycles. The van der Waals surface area contributed by atoms with Crippen molar-refractivity contribution in [3.63, 3.8) is 0 Å². The van der Waals surface area contributed by atoms with Gasteiger partial charge in [0.2, 0.25) is 16.8 Å². The van der Waals surface area contributed by atoms with Crippen molar-refractivity contribution in [1.82, 2.24) is 4.72 Å². The number of benzene rings is 2. The van der Waals surface area contributed by atoms with E-state index >= 15 is 0 Å². The van der Waals surface area contributed by atoms with Crippen LogP contribution in [-0.4, -0.2) is 33.5 Å². The van der Waals surface area contributed by atoms with Crippen LogP contribution < -0.4 is 18.9 Å². The second kappa shape index (κ2) is 6.79. The quantitative estimate of drug-likeness (QED) is 0.797. The van der Waals surface area contributed by atoms with E-state index in [1.807, 2.05) is 0 Å². The van der Waals surface area contributed by atoms with Crippen molar-refractivity contribution in [2.45, 2.75) is 23.8 Å². The molecular formula is C18H19NO6S. The van der Waals surface area contributed by atoms with Gasteiger partial charge in [0, 0.05) is 13.0 Å². The van der Waals surface area contributed by atoms with Crippen LogP contribution in [-0.2, 0) is 16.4 Å². The molecule has 1 atom stereocenters. The van der Waals surface area contributed by atoms with Crippen molar-refractivity contribution in [3.05, 3.63) is 47.5 Å². The average Bonchev–Trinajstić information content (AvgIpc) is 3.28. The maximum atomic E-state index is 12.4. The molecule has 0 amide bonds. The Kier molecular flexibility index (Phi) is 4.47. The van der Waals surface area contributed by atoms with Crippen molar-refractivity contribution >= 4 is 10.0 Å². The topological polar surface area (TPSA) is 94.1 Å².